The van der Waals surface area contributed by atoms with Crippen molar-refractivity contribution in [3.8, 4) is 0 Å². The minimum atomic E-state index is -1.89. The Morgan fingerprint density at radius 3 is 0.605 bits per heavy atom. The normalized spacial score (nSPS) is 11.8. The topological polar surface area (TPSA) is 80.3 Å². The fraction of sp³-hybridized carbons (Fsp3) is 0.946. The predicted octanol–water partition coefficient (Wildman–Crippen LogP) is 7.52. The van der Waals surface area contributed by atoms with Gasteiger partial charge in [-0.1, -0.05) is 107 Å². The van der Waals surface area contributed by atoms with Crippen LogP contribution in [0.1, 0.15) is 172 Å². The fourth-order valence-corrected chi connectivity index (χ4v) is 5.37. The van der Waals surface area contributed by atoms with Crippen molar-refractivity contribution < 1.29 is 28.8 Å². The molecule has 0 atom stereocenters. The highest BCUT2D eigenvalue weighted by molar-refractivity contribution is 5.94. The van der Waals surface area contributed by atoms with Gasteiger partial charge in [0.2, 0.25) is 0 Å². The number of unbranched alkanes of at least 4 members (excludes halogenated alkanes) is 8. The first-order valence-electron chi connectivity index (χ1n) is 18.5. The number of hydrogen-bond donors (Lipinski definition) is 0. The lowest BCUT2D eigenvalue weighted by molar-refractivity contribution is -0.929. The molecule has 0 bridgehead atoms. The molecule has 0 unspecified atom stereocenters. The Hall–Kier alpha value is -1.14. The summed E-state index contributed by atoms with van der Waals surface area (Å²) >= 11 is 0. The third-order valence-corrected chi connectivity index (χ3v) is 8.91. The van der Waals surface area contributed by atoms with E-state index in [-0.39, 0.29) is 0 Å². The Bertz CT molecular complexity index is 509. The van der Waals surface area contributed by atoms with E-state index < -0.39 is 17.4 Å². The van der Waals surface area contributed by atoms with E-state index in [9.17, 15) is 19.8 Å². The molecule has 0 saturated carbocycles. The maximum atomic E-state index is 9.93. The minimum absolute atomic E-state index is 1.01. The van der Waals surface area contributed by atoms with Crippen LogP contribution in [0.15, 0.2) is 0 Å². The molecule has 0 spiro atoms. The molecule has 0 amide bonds. The first-order valence-corrected chi connectivity index (χ1v) is 18.5. The molecule has 0 aliphatic carbocycles. The van der Waals surface area contributed by atoms with Gasteiger partial charge < -0.3 is 28.8 Å². The van der Waals surface area contributed by atoms with Gasteiger partial charge in [-0.15, -0.1) is 0 Å². The zero-order valence-corrected chi connectivity index (χ0v) is 31.0. The van der Waals surface area contributed by atoms with Gasteiger partial charge in [0.1, 0.15) is 0 Å². The van der Waals surface area contributed by atoms with Gasteiger partial charge in [-0.3, -0.25) is 0 Å². The molecule has 0 aromatic rings. The van der Waals surface area contributed by atoms with Crippen molar-refractivity contribution in [2.24, 2.45) is 5.41 Å². The van der Waals surface area contributed by atoms with Crippen LogP contribution in [-0.2, 0) is 9.59 Å². The second-order valence-electron chi connectivity index (χ2n) is 13.5. The van der Waals surface area contributed by atoms with E-state index in [0.29, 0.717) is 0 Å². The van der Waals surface area contributed by atoms with Crippen molar-refractivity contribution in [1.82, 2.24) is 0 Å². The molecular weight excluding hydrogens is 536 g/mol. The van der Waals surface area contributed by atoms with Gasteiger partial charge in [0.05, 0.1) is 64.3 Å². The molecule has 0 heterocycles. The maximum absolute atomic E-state index is 9.93. The van der Waals surface area contributed by atoms with Crippen LogP contribution in [0.2, 0.25) is 0 Å². The number of rotatable bonds is 26. The molecule has 0 saturated heterocycles. The summed E-state index contributed by atoms with van der Waals surface area (Å²) in [5.74, 6) is -3.27. The average Bonchev–Trinajstić information content (AvgIpc) is 3.00. The number of aliphatic carboxylic acids is 2. The molecule has 0 aliphatic rings. The van der Waals surface area contributed by atoms with Crippen LogP contribution >= 0.6 is 0 Å². The van der Waals surface area contributed by atoms with Crippen molar-refractivity contribution in [2.45, 2.75) is 172 Å². The zero-order chi connectivity index (χ0) is 33.6. The Kier molecular flexibility index (Phi) is 31.8. The quantitative estimate of drug-likeness (QED) is 0.0746. The van der Waals surface area contributed by atoms with E-state index in [1.807, 2.05) is 0 Å². The first-order chi connectivity index (χ1) is 20.4. The third-order valence-electron chi connectivity index (χ3n) is 8.91. The summed E-state index contributed by atoms with van der Waals surface area (Å²) in [4.78, 5) is 19.9. The van der Waals surface area contributed by atoms with E-state index >= 15 is 0 Å². The number of carboxylic acids is 2. The smallest absolute Gasteiger partial charge is 0.0786 e. The Labute approximate surface area is 270 Å². The van der Waals surface area contributed by atoms with E-state index in [4.69, 9.17) is 0 Å². The summed E-state index contributed by atoms with van der Waals surface area (Å²) in [6, 6.07) is 0. The van der Waals surface area contributed by atoms with Crippen molar-refractivity contribution in [3.05, 3.63) is 0 Å². The zero-order valence-electron chi connectivity index (χ0n) is 31.0. The average molecular weight is 615 g/mol. The Morgan fingerprint density at radius 2 is 0.535 bits per heavy atom. The highest BCUT2D eigenvalue weighted by atomic mass is 16.4. The molecular formula is C37H78N2O4. The fourth-order valence-electron chi connectivity index (χ4n) is 5.37. The van der Waals surface area contributed by atoms with Crippen LogP contribution in [0, 0.1) is 5.41 Å². The molecule has 43 heavy (non-hydrogen) atoms. The van der Waals surface area contributed by atoms with Gasteiger partial charge in [0.15, 0.2) is 0 Å². The lowest BCUT2D eigenvalue weighted by Gasteiger charge is -2.39. The summed E-state index contributed by atoms with van der Waals surface area (Å²) in [6.45, 7) is 32.1. The lowest BCUT2D eigenvalue weighted by atomic mass is 9.95. The highest BCUT2D eigenvalue weighted by Gasteiger charge is 2.26. The van der Waals surface area contributed by atoms with Crippen molar-refractivity contribution >= 4 is 11.9 Å². The van der Waals surface area contributed by atoms with Crippen LogP contribution in [0.5, 0.6) is 0 Å². The first kappa shape index (κ1) is 46.3. The third kappa shape index (κ3) is 23.9. The summed E-state index contributed by atoms with van der Waals surface area (Å²) in [6.07, 6.45) is 22.1. The van der Waals surface area contributed by atoms with Crippen molar-refractivity contribution in [2.75, 3.05) is 52.4 Å². The molecule has 0 fully saturated rings. The van der Waals surface area contributed by atoms with Crippen LogP contribution in [-0.4, -0.2) is 73.3 Å². The molecule has 0 aliphatic heterocycles. The second-order valence-corrected chi connectivity index (χ2v) is 13.5. The Morgan fingerprint density at radius 1 is 0.395 bits per heavy atom. The molecule has 0 rings (SSSR count). The monoisotopic (exact) mass is 615 g/mol. The number of quaternary nitrogens is 2. The maximum Gasteiger partial charge on any atom is 0.0786 e. The summed E-state index contributed by atoms with van der Waals surface area (Å²) in [5, 5.41) is 19.9. The molecule has 0 aromatic carbocycles. The van der Waals surface area contributed by atoms with Gasteiger partial charge in [-0.05, 0) is 65.2 Å². The van der Waals surface area contributed by atoms with E-state index in [0.717, 1.165) is 13.8 Å². The van der Waals surface area contributed by atoms with E-state index in [1.165, 1.54) is 164 Å². The SMILES string of the molecule is CC(C)(C(=O)[O-])C(=O)[O-].CCCC[N+](CCCC)(CCCC)CCCC.CCCC[N+](CCCC)(CCCC)CCCC. The summed E-state index contributed by atoms with van der Waals surface area (Å²) < 4.78 is 2.84. The van der Waals surface area contributed by atoms with Crippen molar-refractivity contribution in [3.63, 3.8) is 0 Å². The van der Waals surface area contributed by atoms with Gasteiger partial charge in [0.25, 0.3) is 0 Å². The summed E-state index contributed by atoms with van der Waals surface area (Å²) in [7, 11) is 0. The largest absolute Gasteiger partial charge is 0.549 e. The molecule has 0 N–H and O–H groups in total. The van der Waals surface area contributed by atoms with Gasteiger partial charge >= 0.3 is 0 Å². The lowest BCUT2D eigenvalue weighted by Crippen LogP contribution is -2.50. The molecule has 6 heteroatoms. The highest BCUT2D eigenvalue weighted by Crippen LogP contribution is 2.18. The van der Waals surface area contributed by atoms with Gasteiger partial charge in [-0.2, -0.15) is 0 Å². The number of carboxylic acid groups (broad SMARTS) is 2. The van der Waals surface area contributed by atoms with Crippen LogP contribution < -0.4 is 10.2 Å². The van der Waals surface area contributed by atoms with E-state index in [2.05, 4.69) is 55.4 Å². The Balaban J connectivity index is -0.000000586. The molecule has 260 valence electrons. The molecule has 0 radical (unpaired) electrons. The molecule has 6 nitrogen and oxygen atoms in total. The van der Waals surface area contributed by atoms with Gasteiger partial charge in [0, 0.05) is 5.41 Å². The van der Waals surface area contributed by atoms with Gasteiger partial charge in [-0.25, -0.2) is 0 Å². The number of carbonyl (C=O) groups is 2. The van der Waals surface area contributed by atoms with Crippen LogP contribution in [0.4, 0.5) is 0 Å². The van der Waals surface area contributed by atoms with Crippen LogP contribution in [0.3, 0.4) is 0 Å². The van der Waals surface area contributed by atoms with E-state index in [1.54, 1.807) is 0 Å². The number of nitrogens with zero attached hydrogens (tertiary/aromatic N) is 2. The predicted molar refractivity (Wildman–Crippen MR) is 183 cm³/mol. The van der Waals surface area contributed by atoms with Crippen molar-refractivity contribution in [1.29, 1.82) is 0 Å². The molecule has 0 aromatic heterocycles. The second kappa shape index (κ2) is 29.6. The van der Waals surface area contributed by atoms with Crippen LogP contribution in [0.25, 0.3) is 0 Å². The summed E-state index contributed by atoms with van der Waals surface area (Å²) in [5.41, 5.74) is -1.89. The number of carbonyl (C=O) groups excluding carboxylic acids is 2. The minimum Gasteiger partial charge on any atom is -0.549 e. The standard InChI is InChI=1S/2C16H36N.C5H8O4/c2*1-5-9-13-17(14-10-6-2,15-11-7-3)16-12-8-4;1-5(2,3(6)7)4(8)9/h2*5-16H2,1-4H3;1-2H3,(H,6,7)(H,8,9)/q2*+1;/p-2. The number of hydrogen-bond acceptors (Lipinski definition) is 4.